The molecule has 1 amide bonds. The zero-order valence-corrected chi connectivity index (χ0v) is 14.6. The van der Waals surface area contributed by atoms with Gasteiger partial charge in [-0.1, -0.05) is 23.4 Å². The summed E-state index contributed by atoms with van der Waals surface area (Å²) in [5.41, 5.74) is 0.689. The van der Waals surface area contributed by atoms with Crippen molar-refractivity contribution in [3.05, 3.63) is 53.2 Å². The molecule has 2 saturated heterocycles. The molecule has 0 aliphatic carbocycles. The third-order valence-corrected chi connectivity index (χ3v) is 6.12. The van der Waals surface area contributed by atoms with E-state index in [2.05, 4.69) is 15.6 Å². The molecule has 2 N–H and O–H groups in total. The summed E-state index contributed by atoms with van der Waals surface area (Å²) < 4.78 is 0. The van der Waals surface area contributed by atoms with Gasteiger partial charge in [0, 0.05) is 34.8 Å². The number of hydrogen-bond donors (Lipinski definition) is 2. The minimum absolute atomic E-state index is 0.00164. The van der Waals surface area contributed by atoms with Crippen LogP contribution in [0.1, 0.15) is 29.6 Å². The average Bonchev–Trinajstić information content (AvgIpc) is 3.20. The van der Waals surface area contributed by atoms with Gasteiger partial charge in [0.25, 0.3) is 5.91 Å². The molecule has 24 heavy (non-hydrogen) atoms. The van der Waals surface area contributed by atoms with Gasteiger partial charge in [0.15, 0.2) is 0 Å². The standard InChI is InChI=1S/C18H18ClN3OS/c19-14-2-1-9-20-18(14)24-13-6-3-11(4-7-13)17(23)22-16-10-12-5-8-15(16)21-12/h1-4,6-7,9,12,15-16,21H,5,8,10H2,(H,22,23)/t12-,15+,16-/m1/s1. The van der Waals surface area contributed by atoms with Crippen molar-refractivity contribution in [2.75, 3.05) is 0 Å². The van der Waals surface area contributed by atoms with Gasteiger partial charge in [0.2, 0.25) is 0 Å². The molecular weight excluding hydrogens is 342 g/mol. The lowest BCUT2D eigenvalue weighted by Crippen LogP contribution is -2.42. The van der Waals surface area contributed by atoms with E-state index in [4.69, 9.17) is 11.6 Å². The number of pyridine rings is 1. The second-order valence-corrected chi connectivity index (χ2v) is 7.75. The maximum Gasteiger partial charge on any atom is 0.251 e. The molecule has 4 rings (SSSR count). The largest absolute Gasteiger partial charge is 0.348 e. The first-order chi connectivity index (χ1) is 11.7. The van der Waals surface area contributed by atoms with Gasteiger partial charge in [-0.15, -0.1) is 0 Å². The summed E-state index contributed by atoms with van der Waals surface area (Å²) in [6.45, 7) is 0. The summed E-state index contributed by atoms with van der Waals surface area (Å²) in [6.07, 6.45) is 5.16. The van der Waals surface area contributed by atoms with Gasteiger partial charge < -0.3 is 10.6 Å². The Morgan fingerprint density at radius 2 is 2.08 bits per heavy atom. The highest BCUT2D eigenvalue weighted by Gasteiger charge is 2.39. The van der Waals surface area contributed by atoms with E-state index in [0.29, 0.717) is 22.7 Å². The fourth-order valence-corrected chi connectivity index (χ4v) is 4.48. The Bertz CT molecular complexity index is 752. The molecule has 2 fully saturated rings. The van der Waals surface area contributed by atoms with E-state index in [1.165, 1.54) is 18.2 Å². The Hall–Kier alpha value is -1.56. The highest BCUT2D eigenvalue weighted by Crippen LogP contribution is 2.31. The molecule has 0 spiro atoms. The smallest absolute Gasteiger partial charge is 0.251 e. The first-order valence-corrected chi connectivity index (χ1v) is 9.34. The molecule has 2 aromatic rings. The Morgan fingerprint density at radius 3 is 2.75 bits per heavy atom. The van der Waals surface area contributed by atoms with Crippen LogP contribution in [0.2, 0.25) is 5.02 Å². The molecule has 0 saturated carbocycles. The van der Waals surface area contributed by atoms with Crippen LogP contribution in [0.3, 0.4) is 0 Å². The Labute approximate surface area is 150 Å². The van der Waals surface area contributed by atoms with Crippen molar-refractivity contribution < 1.29 is 4.79 Å². The molecule has 4 nitrogen and oxygen atoms in total. The number of benzene rings is 1. The predicted molar refractivity (Wildman–Crippen MR) is 95.6 cm³/mol. The van der Waals surface area contributed by atoms with Crippen molar-refractivity contribution >= 4 is 29.3 Å². The highest BCUT2D eigenvalue weighted by molar-refractivity contribution is 7.99. The zero-order chi connectivity index (χ0) is 16.5. The van der Waals surface area contributed by atoms with Crippen LogP contribution in [-0.2, 0) is 0 Å². The quantitative estimate of drug-likeness (QED) is 0.877. The predicted octanol–water partition coefficient (Wildman–Crippen LogP) is 3.51. The molecule has 1 aromatic carbocycles. The van der Waals surface area contributed by atoms with Crippen LogP contribution in [0.4, 0.5) is 0 Å². The van der Waals surface area contributed by atoms with Crippen molar-refractivity contribution in [1.29, 1.82) is 0 Å². The number of rotatable bonds is 4. The number of carbonyl (C=O) groups excluding carboxylic acids is 1. The fourth-order valence-electron chi connectivity index (χ4n) is 3.47. The van der Waals surface area contributed by atoms with Crippen molar-refractivity contribution in [3.8, 4) is 0 Å². The van der Waals surface area contributed by atoms with Gasteiger partial charge in [-0.25, -0.2) is 4.98 Å². The van der Waals surface area contributed by atoms with Crippen molar-refractivity contribution in [1.82, 2.24) is 15.6 Å². The number of aromatic nitrogens is 1. The van der Waals surface area contributed by atoms with Gasteiger partial charge in [-0.2, -0.15) is 0 Å². The molecule has 6 heteroatoms. The maximum absolute atomic E-state index is 12.4. The number of fused-ring (bicyclic) bond motifs is 2. The topological polar surface area (TPSA) is 54.0 Å². The van der Waals surface area contributed by atoms with Crippen LogP contribution >= 0.6 is 23.4 Å². The Morgan fingerprint density at radius 1 is 1.25 bits per heavy atom. The van der Waals surface area contributed by atoms with Crippen LogP contribution in [0.5, 0.6) is 0 Å². The monoisotopic (exact) mass is 359 g/mol. The van der Waals surface area contributed by atoms with Gasteiger partial charge in [0.1, 0.15) is 5.03 Å². The Kier molecular flexibility index (Phi) is 4.48. The minimum Gasteiger partial charge on any atom is -0.348 e. The second kappa shape index (κ2) is 6.75. The number of halogens is 1. The van der Waals surface area contributed by atoms with Gasteiger partial charge in [-0.3, -0.25) is 4.79 Å². The highest BCUT2D eigenvalue weighted by atomic mass is 35.5. The molecule has 1 aromatic heterocycles. The number of amides is 1. The molecular formula is C18H18ClN3OS. The van der Waals surface area contributed by atoms with Crippen LogP contribution in [0, 0.1) is 0 Å². The third kappa shape index (κ3) is 3.29. The molecule has 0 unspecified atom stereocenters. The second-order valence-electron chi connectivity index (χ2n) is 6.28. The molecule has 2 bridgehead atoms. The molecule has 2 aliphatic heterocycles. The average molecular weight is 360 g/mol. The van der Waals surface area contributed by atoms with Crippen LogP contribution < -0.4 is 10.6 Å². The number of nitrogens with zero attached hydrogens (tertiary/aromatic N) is 1. The summed E-state index contributed by atoms with van der Waals surface area (Å²) in [5.74, 6) is 0.00164. The summed E-state index contributed by atoms with van der Waals surface area (Å²) in [5, 5.41) is 8.10. The lowest BCUT2D eigenvalue weighted by molar-refractivity contribution is 0.0931. The van der Waals surface area contributed by atoms with E-state index in [-0.39, 0.29) is 11.9 Å². The SMILES string of the molecule is O=C(N[C@@H]1C[C@H]2CC[C@@H]1N2)c1ccc(Sc2ncccc2Cl)cc1. The van der Waals surface area contributed by atoms with E-state index in [9.17, 15) is 4.79 Å². The third-order valence-electron chi connectivity index (χ3n) is 4.67. The van der Waals surface area contributed by atoms with Crippen LogP contribution in [-0.4, -0.2) is 29.0 Å². The Balaban J connectivity index is 1.40. The lowest BCUT2D eigenvalue weighted by Gasteiger charge is -2.21. The van der Waals surface area contributed by atoms with Crippen LogP contribution in [0.25, 0.3) is 0 Å². The molecule has 2 aliphatic rings. The summed E-state index contributed by atoms with van der Waals surface area (Å²) in [7, 11) is 0. The van der Waals surface area contributed by atoms with Gasteiger partial charge in [-0.05, 0) is 55.7 Å². The molecule has 3 atom stereocenters. The van der Waals surface area contributed by atoms with Gasteiger partial charge in [0.05, 0.1) is 5.02 Å². The van der Waals surface area contributed by atoms with E-state index >= 15 is 0 Å². The minimum atomic E-state index is 0.00164. The molecule has 0 radical (unpaired) electrons. The van der Waals surface area contributed by atoms with Gasteiger partial charge >= 0.3 is 0 Å². The lowest BCUT2D eigenvalue weighted by atomic mass is 9.95. The first-order valence-electron chi connectivity index (χ1n) is 8.14. The van der Waals surface area contributed by atoms with E-state index in [1.807, 2.05) is 36.4 Å². The summed E-state index contributed by atoms with van der Waals surface area (Å²) in [6, 6.07) is 12.5. The van der Waals surface area contributed by atoms with Crippen molar-refractivity contribution in [2.24, 2.45) is 0 Å². The summed E-state index contributed by atoms with van der Waals surface area (Å²) >= 11 is 7.62. The van der Waals surface area contributed by atoms with E-state index in [1.54, 1.807) is 6.20 Å². The number of hydrogen-bond acceptors (Lipinski definition) is 4. The molecule has 3 heterocycles. The maximum atomic E-state index is 12.4. The summed E-state index contributed by atoms with van der Waals surface area (Å²) in [4.78, 5) is 17.7. The first kappa shape index (κ1) is 15.9. The fraction of sp³-hybridized carbons (Fsp3) is 0.333. The van der Waals surface area contributed by atoms with Crippen molar-refractivity contribution in [3.63, 3.8) is 0 Å². The normalized spacial score (nSPS) is 25.0. The van der Waals surface area contributed by atoms with Crippen LogP contribution in [0.15, 0.2) is 52.5 Å². The van der Waals surface area contributed by atoms with E-state index in [0.717, 1.165) is 22.8 Å². The number of carbonyl (C=O) groups is 1. The molecule has 124 valence electrons. The van der Waals surface area contributed by atoms with Crippen molar-refractivity contribution in [2.45, 2.75) is 47.3 Å². The van der Waals surface area contributed by atoms with E-state index < -0.39 is 0 Å². The zero-order valence-electron chi connectivity index (χ0n) is 13.0. The number of nitrogens with one attached hydrogen (secondary N) is 2.